The number of ether oxygens (including phenoxy) is 1. The fourth-order valence-corrected chi connectivity index (χ4v) is 4.07. The second-order valence-electron chi connectivity index (χ2n) is 8.71. The third kappa shape index (κ3) is 7.67. The number of nitriles is 1. The number of pyridine rings is 1. The SMILES string of the molecule is N#Cc1c(F)cccc1O[C@H]1CC[C@](Cc2cccc(Nc3cc[nH]n3)n2)(C(=O)O)CC1.O=C(O)C(F)(F)F. The highest BCUT2D eigenvalue weighted by atomic mass is 19.4. The number of halogens is 4. The number of aliphatic carboxylic acids is 2. The quantitative estimate of drug-likeness (QED) is 0.303. The first-order valence-electron chi connectivity index (χ1n) is 11.5. The maximum Gasteiger partial charge on any atom is 0.490 e. The number of nitrogens with zero attached hydrogens (tertiary/aromatic N) is 3. The number of anilines is 2. The Balaban J connectivity index is 0.000000532. The van der Waals surface area contributed by atoms with Crippen LogP contribution in [0.25, 0.3) is 0 Å². The minimum atomic E-state index is -5.08. The minimum Gasteiger partial charge on any atom is -0.489 e. The second-order valence-corrected chi connectivity index (χ2v) is 8.71. The molecule has 1 fully saturated rings. The monoisotopic (exact) mass is 549 g/mol. The Morgan fingerprint density at radius 2 is 1.79 bits per heavy atom. The molecule has 0 aliphatic heterocycles. The maximum atomic E-state index is 13.8. The number of hydrogen-bond acceptors (Lipinski definition) is 7. The van der Waals surface area contributed by atoms with E-state index >= 15 is 0 Å². The molecule has 2 aromatic heterocycles. The molecule has 39 heavy (non-hydrogen) atoms. The van der Waals surface area contributed by atoms with Crippen LogP contribution >= 0.6 is 0 Å². The molecular formula is C25H23F4N5O5. The second kappa shape index (κ2) is 12.2. The molecule has 4 N–H and O–H groups in total. The summed E-state index contributed by atoms with van der Waals surface area (Å²) in [6, 6.07) is 13.3. The standard InChI is InChI=1S/C23H22FN5O3.C2HF3O2/c24-18-4-2-5-19(17(18)14-25)32-16-7-10-23(11-8-16,22(30)31)13-15-3-1-6-20(27-15)28-21-9-12-26-29-21;3-2(4,5)1(6)7/h1-6,9,12,16H,7-8,10-11,13H2,(H,30,31)(H2,26,27,28,29);(H,6,7)/t16-,23-;. The van der Waals surface area contributed by atoms with Gasteiger partial charge in [0.2, 0.25) is 0 Å². The molecule has 0 radical (unpaired) electrons. The first-order chi connectivity index (χ1) is 18.4. The predicted octanol–water partition coefficient (Wildman–Crippen LogP) is 4.83. The molecule has 2 heterocycles. The number of carbonyl (C=O) groups is 2. The van der Waals surface area contributed by atoms with Crippen LogP contribution < -0.4 is 10.1 Å². The van der Waals surface area contributed by atoms with Crippen molar-refractivity contribution in [3.63, 3.8) is 0 Å². The van der Waals surface area contributed by atoms with Crippen molar-refractivity contribution in [1.29, 1.82) is 5.26 Å². The Hall–Kier alpha value is -4.67. The highest BCUT2D eigenvalue weighted by Crippen LogP contribution is 2.41. The summed E-state index contributed by atoms with van der Waals surface area (Å²) < 4.78 is 51.4. The van der Waals surface area contributed by atoms with Gasteiger partial charge in [-0.2, -0.15) is 23.5 Å². The third-order valence-electron chi connectivity index (χ3n) is 6.05. The van der Waals surface area contributed by atoms with Crippen LogP contribution in [0.5, 0.6) is 5.75 Å². The van der Waals surface area contributed by atoms with E-state index in [1.54, 1.807) is 24.4 Å². The zero-order chi connectivity index (χ0) is 28.6. The van der Waals surface area contributed by atoms with E-state index < -0.39 is 29.3 Å². The van der Waals surface area contributed by atoms with Gasteiger partial charge in [0.25, 0.3) is 0 Å². The summed E-state index contributed by atoms with van der Waals surface area (Å²) >= 11 is 0. The highest BCUT2D eigenvalue weighted by Gasteiger charge is 2.43. The van der Waals surface area contributed by atoms with Gasteiger partial charge < -0.3 is 20.3 Å². The van der Waals surface area contributed by atoms with Gasteiger partial charge in [-0.25, -0.2) is 14.2 Å². The van der Waals surface area contributed by atoms with E-state index in [1.165, 1.54) is 12.1 Å². The van der Waals surface area contributed by atoms with Gasteiger partial charge in [0.05, 0.1) is 11.5 Å². The predicted molar refractivity (Wildman–Crippen MR) is 128 cm³/mol. The molecule has 206 valence electrons. The lowest BCUT2D eigenvalue weighted by molar-refractivity contribution is -0.192. The zero-order valence-electron chi connectivity index (χ0n) is 20.2. The van der Waals surface area contributed by atoms with Gasteiger partial charge in [-0.3, -0.25) is 9.89 Å². The van der Waals surface area contributed by atoms with Gasteiger partial charge in [0, 0.05) is 24.4 Å². The molecule has 1 saturated carbocycles. The van der Waals surface area contributed by atoms with Crippen molar-refractivity contribution in [3.8, 4) is 11.8 Å². The molecule has 14 heteroatoms. The number of alkyl halides is 3. The van der Waals surface area contributed by atoms with Crippen molar-refractivity contribution in [1.82, 2.24) is 15.2 Å². The number of aromatic nitrogens is 3. The van der Waals surface area contributed by atoms with Gasteiger partial charge in [-0.05, 0) is 49.9 Å². The van der Waals surface area contributed by atoms with Crippen molar-refractivity contribution >= 4 is 23.6 Å². The Morgan fingerprint density at radius 1 is 1.13 bits per heavy atom. The lowest BCUT2D eigenvalue weighted by Gasteiger charge is -2.36. The lowest BCUT2D eigenvalue weighted by Crippen LogP contribution is -2.40. The number of carboxylic acids is 2. The average Bonchev–Trinajstić information content (AvgIpc) is 3.38. The Kier molecular flexibility index (Phi) is 9.08. The lowest BCUT2D eigenvalue weighted by atomic mass is 9.70. The first kappa shape index (κ1) is 28.9. The Labute approximate surface area is 219 Å². The van der Waals surface area contributed by atoms with Crippen LogP contribution in [-0.2, 0) is 16.0 Å². The number of H-pyrrole nitrogens is 1. The molecule has 0 atom stereocenters. The van der Waals surface area contributed by atoms with Gasteiger partial charge in [0.15, 0.2) is 5.82 Å². The minimum absolute atomic E-state index is 0.131. The van der Waals surface area contributed by atoms with Crippen LogP contribution in [0.1, 0.15) is 36.9 Å². The van der Waals surface area contributed by atoms with Crippen molar-refractivity contribution in [2.75, 3.05) is 5.32 Å². The summed E-state index contributed by atoms with van der Waals surface area (Å²) in [5, 5.41) is 36.2. The topological polar surface area (TPSA) is 161 Å². The van der Waals surface area contributed by atoms with Crippen molar-refractivity contribution in [2.45, 2.75) is 44.4 Å². The number of nitrogens with one attached hydrogen (secondary N) is 2. The van der Waals surface area contributed by atoms with Gasteiger partial charge >= 0.3 is 18.1 Å². The van der Waals surface area contributed by atoms with Crippen molar-refractivity contribution in [3.05, 3.63) is 65.7 Å². The Bertz CT molecular complexity index is 1330. The van der Waals surface area contributed by atoms with Gasteiger partial charge in [-0.15, -0.1) is 0 Å². The smallest absolute Gasteiger partial charge is 0.489 e. The van der Waals surface area contributed by atoms with Gasteiger partial charge in [-0.1, -0.05) is 12.1 Å². The molecule has 1 aromatic carbocycles. The van der Waals surface area contributed by atoms with E-state index in [2.05, 4.69) is 20.5 Å². The molecule has 0 unspecified atom stereocenters. The van der Waals surface area contributed by atoms with E-state index in [4.69, 9.17) is 14.6 Å². The fraction of sp³-hybridized carbons (Fsp3) is 0.320. The van der Waals surface area contributed by atoms with Crippen molar-refractivity contribution in [2.24, 2.45) is 5.41 Å². The van der Waals surface area contributed by atoms with Gasteiger partial charge in [0.1, 0.15) is 29.0 Å². The molecule has 1 aliphatic carbocycles. The number of carboxylic acid groups (broad SMARTS) is 2. The molecule has 0 amide bonds. The summed E-state index contributed by atoms with van der Waals surface area (Å²) in [6.45, 7) is 0. The van der Waals surface area contributed by atoms with E-state index in [0.717, 1.165) is 0 Å². The number of hydrogen-bond donors (Lipinski definition) is 4. The Morgan fingerprint density at radius 3 is 2.36 bits per heavy atom. The first-order valence-corrected chi connectivity index (χ1v) is 11.5. The third-order valence-corrected chi connectivity index (χ3v) is 6.05. The number of aromatic amines is 1. The van der Waals surface area contributed by atoms with Crippen LogP contribution in [0, 0.1) is 22.6 Å². The van der Waals surface area contributed by atoms with Crippen molar-refractivity contribution < 1.29 is 42.1 Å². The van der Waals surface area contributed by atoms with E-state index in [0.29, 0.717) is 43.0 Å². The zero-order valence-corrected chi connectivity index (χ0v) is 20.2. The molecule has 3 aromatic rings. The largest absolute Gasteiger partial charge is 0.490 e. The van der Waals surface area contributed by atoms with Crippen LogP contribution in [-0.4, -0.2) is 49.6 Å². The van der Waals surface area contributed by atoms with E-state index in [1.807, 2.05) is 18.2 Å². The summed E-state index contributed by atoms with van der Waals surface area (Å²) in [5.74, 6) is -2.86. The van der Waals surface area contributed by atoms with Crippen LogP contribution in [0.15, 0.2) is 48.7 Å². The maximum absolute atomic E-state index is 13.8. The summed E-state index contributed by atoms with van der Waals surface area (Å²) in [4.78, 5) is 25.7. The van der Waals surface area contributed by atoms with E-state index in [-0.39, 0.29) is 23.8 Å². The molecular weight excluding hydrogens is 526 g/mol. The molecule has 10 nitrogen and oxygen atoms in total. The van der Waals surface area contributed by atoms with Crippen LogP contribution in [0.4, 0.5) is 29.2 Å². The summed E-state index contributed by atoms with van der Waals surface area (Å²) in [6.07, 6.45) is -1.63. The normalized spacial score (nSPS) is 18.7. The molecule has 0 saturated heterocycles. The molecule has 0 spiro atoms. The van der Waals surface area contributed by atoms with Crippen LogP contribution in [0.3, 0.4) is 0 Å². The summed E-state index contributed by atoms with van der Waals surface area (Å²) in [7, 11) is 0. The number of benzene rings is 1. The van der Waals surface area contributed by atoms with Crippen LogP contribution in [0.2, 0.25) is 0 Å². The molecule has 0 bridgehead atoms. The molecule has 4 rings (SSSR count). The summed E-state index contributed by atoms with van der Waals surface area (Å²) in [5.41, 5.74) is -0.421. The molecule has 1 aliphatic rings. The highest BCUT2D eigenvalue weighted by molar-refractivity contribution is 5.75. The average molecular weight is 549 g/mol. The van der Waals surface area contributed by atoms with E-state index in [9.17, 15) is 32.7 Å². The number of rotatable bonds is 7. The fourth-order valence-electron chi connectivity index (χ4n) is 4.07.